The van der Waals surface area contributed by atoms with Crippen LogP contribution in [0.15, 0.2) is 95.3 Å². The van der Waals surface area contributed by atoms with Crippen molar-refractivity contribution in [1.29, 1.82) is 0 Å². The number of nitrogens with zero attached hydrogens (tertiary/aromatic N) is 2. The minimum absolute atomic E-state index is 0.267. The van der Waals surface area contributed by atoms with Crippen molar-refractivity contribution in [2.24, 2.45) is 10.4 Å². The first kappa shape index (κ1) is 19.3. The molecule has 0 aliphatic carbocycles. The highest BCUT2D eigenvalue weighted by atomic mass is 16.3. The molecule has 0 aliphatic heterocycles. The molecule has 6 nitrogen and oxygen atoms in total. The van der Waals surface area contributed by atoms with Gasteiger partial charge < -0.3 is 10.6 Å². The molecular formula is C24H20N4O2. The van der Waals surface area contributed by atoms with Gasteiger partial charge in [-0.2, -0.15) is 0 Å². The fourth-order valence-corrected chi connectivity index (χ4v) is 3.44. The molecule has 30 heavy (non-hydrogen) atoms. The molecule has 0 saturated heterocycles. The molecule has 0 amide bonds. The van der Waals surface area contributed by atoms with Crippen LogP contribution in [0.4, 0.5) is 22.7 Å². The van der Waals surface area contributed by atoms with Crippen LogP contribution in [0.2, 0.25) is 0 Å². The second-order valence-electron chi connectivity index (χ2n) is 6.88. The predicted octanol–water partition coefficient (Wildman–Crippen LogP) is 6.86. The summed E-state index contributed by atoms with van der Waals surface area (Å²) in [6.45, 7) is 1.12. The van der Waals surface area contributed by atoms with Gasteiger partial charge in [0, 0.05) is 23.9 Å². The van der Waals surface area contributed by atoms with E-state index in [2.05, 4.69) is 21.0 Å². The Kier molecular flexibility index (Phi) is 5.75. The smallest absolute Gasteiger partial charge is 0.138 e. The van der Waals surface area contributed by atoms with E-state index in [0.717, 1.165) is 11.1 Å². The number of fused-ring (bicyclic) bond motifs is 1. The molecule has 0 fully saturated rings. The highest BCUT2D eigenvalue weighted by Crippen LogP contribution is 2.41. The first-order chi connectivity index (χ1) is 14.8. The number of hydrogen-bond donors (Lipinski definition) is 2. The first-order valence-corrected chi connectivity index (χ1v) is 9.62. The molecule has 4 aromatic carbocycles. The van der Waals surface area contributed by atoms with Crippen molar-refractivity contribution in [3.63, 3.8) is 0 Å². The van der Waals surface area contributed by atoms with Crippen LogP contribution in [0.5, 0.6) is 0 Å². The minimum atomic E-state index is 0.267. The lowest BCUT2D eigenvalue weighted by Gasteiger charge is -2.14. The SMILES string of the molecule is O=Nc1c(NCc2ccccc2)ccc2c(N=O)c(NCc3ccccc3)ccc12. The number of anilines is 2. The van der Waals surface area contributed by atoms with Gasteiger partial charge in [-0.1, -0.05) is 60.7 Å². The molecule has 0 spiro atoms. The Hall–Kier alpha value is -4.06. The van der Waals surface area contributed by atoms with Gasteiger partial charge in [0.2, 0.25) is 0 Å². The minimum Gasteiger partial charge on any atom is -0.379 e. The van der Waals surface area contributed by atoms with E-state index < -0.39 is 0 Å². The van der Waals surface area contributed by atoms with Gasteiger partial charge >= 0.3 is 0 Å². The van der Waals surface area contributed by atoms with E-state index >= 15 is 0 Å². The third-order valence-corrected chi connectivity index (χ3v) is 4.98. The van der Waals surface area contributed by atoms with Gasteiger partial charge in [0.05, 0.1) is 11.4 Å². The third-order valence-electron chi connectivity index (χ3n) is 4.98. The van der Waals surface area contributed by atoms with Crippen molar-refractivity contribution >= 4 is 33.5 Å². The summed E-state index contributed by atoms with van der Waals surface area (Å²) in [6, 6.07) is 26.9. The Morgan fingerprint density at radius 1 is 0.533 bits per heavy atom. The van der Waals surface area contributed by atoms with Gasteiger partial charge in [-0.15, -0.1) is 9.81 Å². The van der Waals surface area contributed by atoms with Crippen LogP contribution in [0.1, 0.15) is 11.1 Å². The molecule has 2 N–H and O–H groups in total. The van der Waals surface area contributed by atoms with E-state index in [4.69, 9.17) is 0 Å². The van der Waals surface area contributed by atoms with Gasteiger partial charge in [-0.05, 0) is 45.7 Å². The molecule has 0 heterocycles. The second-order valence-corrected chi connectivity index (χ2v) is 6.88. The number of benzene rings is 4. The number of hydrogen-bond acceptors (Lipinski definition) is 6. The van der Waals surface area contributed by atoms with Crippen LogP contribution >= 0.6 is 0 Å². The van der Waals surface area contributed by atoms with E-state index in [1.165, 1.54) is 0 Å². The van der Waals surface area contributed by atoms with Crippen LogP contribution in [-0.2, 0) is 13.1 Å². The highest BCUT2D eigenvalue weighted by molar-refractivity contribution is 6.07. The average Bonchev–Trinajstić information content (AvgIpc) is 2.81. The van der Waals surface area contributed by atoms with Gasteiger partial charge in [0.1, 0.15) is 11.4 Å². The molecule has 0 saturated carbocycles. The normalized spacial score (nSPS) is 10.5. The highest BCUT2D eigenvalue weighted by Gasteiger charge is 2.15. The Morgan fingerprint density at radius 3 is 1.30 bits per heavy atom. The molecular weight excluding hydrogens is 376 g/mol. The fraction of sp³-hybridized carbons (Fsp3) is 0.0833. The predicted molar refractivity (Wildman–Crippen MR) is 122 cm³/mol. The van der Waals surface area contributed by atoms with Crippen molar-refractivity contribution in [2.75, 3.05) is 10.6 Å². The summed E-state index contributed by atoms with van der Waals surface area (Å²) in [5.41, 5.74) is 3.94. The maximum absolute atomic E-state index is 11.6. The summed E-state index contributed by atoms with van der Waals surface area (Å²) in [5, 5.41) is 14.1. The molecule has 0 unspecified atom stereocenters. The summed E-state index contributed by atoms with van der Waals surface area (Å²) in [7, 11) is 0. The molecule has 0 radical (unpaired) electrons. The van der Waals surface area contributed by atoms with E-state index in [9.17, 15) is 9.81 Å². The van der Waals surface area contributed by atoms with Crippen LogP contribution in [0.3, 0.4) is 0 Å². The average molecular weight is 396 g/mol. The quantitative estimate of drug-likeness (QED) is 0.319. The molecule has 148 valence electrons. The zero-order valence-corrected chi connectivity index (χ0v) is 16.2. The van der Waals surface area contributed by atoms with Crippen LogP contribution in [0, 0.1) is 9.81 Å². The molecule has 4 rings (SSSR count). The molecule has 0 aromatic heterocycles. The molecule has 4 aromatic rings. The van der Waals surface area contributed by atoms with Crippen LogP contribution < -0.4 is 10.6 Å². The lowest BCUT2D eigenvalue weighted by Crippen LogP contribution is -2.01. The van der Waals surface area contributed by atoms with Gasteiger partial charge in [0.15, 0.2) is 0 Å². The summed E-state index contributed by atoms with van der Waals surface area (Å²) >= 11 is 0. The van der Waals surface area contributed by atoms with Crippen molar-refractivity contribution in [2.45, 2.75) is 13.1 Å². The van der Waals surface area contributed by atoms with Gasteiger partial charge in [-0.25, -0.2) is 0 Å². The number of nitroso groups, excluding NO2 is 2. The Bertz CT molecular complexity index is 1080. The summed E-state index contributed by atoms with van der Waals surface area (Å²) in [6.07, 6.45) is 0. The maximum Gasteiger partial charge on any atom is 0.138 e. The number of nitrogens with one attached hydrogen (secondary N) is 2. The molecule has 0 aliphatic rings. The summed E-state index contributed by atoms with van der Waals surface area (Å²) in [4.78, 5) is 23.3. The van der Waals surface area contributed by atoms with Crippen LogP contribution in [0.25, 0.3) is 10.8 Å². The summed E-state index contributed by atoms with van der Waals surface area (Å²) < 4.78 is 0. The van der Waals surface area contributed by atoms with Crippen molar-refractivity contribution in [1.82, 2.24) is 0 Å². The Balaban J connectivity index is 1.64. The first-order valence-electron chi connectivity index (χ1n) is 9.62. The van der Waals surface area contributed by atoms with Gasteiger partial charge in [-0.3, -0.25) is 0 Å². The van der Waals surface area contributed by atoms with Crippen LogP contribution in [-0.4, -0.2) is 0 Å². The molecule has 6 heteroatoms. The maximum atomic E-state index is 11.6. The number of rotatable bonds is 8. The van der Waals surface area contributed by atoms with Crippen molar-refractivity contribution < 1.29 is 0 Å². The lowest BCUT2D eigenvalue weighted by atomic mass is 10.0. The zero-order chi connectivity index (χ0) is 20.8. The summed E-state index contributed by atoms with van der Waals surface area (Å²) in [5.74, 6) is 0. The molecule has 0 bridgehead atoms. The van der Waals surface area contributed by atoms with E-state index in [1.54, 1.807) is 24.3 Å². The Morgan fingerprint density at radius 2 is 0.933 bits per heavy atom. The van der Waals surface area contributed by atoms with Crippen molar-refractivity contribution in [3.05, 3.63) is 106 Å². The lowest BCUT2D eigenvalue weighted by molar-refractivity contribution is 1.15. The van der Waals surface area contributed by atoms with Crippen molar-refractivity contribution in [3.8, 4) is 0 Å². The standard InChI is InChI=1S/C24H20N4O2/c29-27-23-19-12-14-22(26-16-18-9-5-2-6-10-18)24(28-30)20(19)11-13-21(23)25-15-17-7-3-1-4-8-17/h1-14,25-26H,15-16H2. The monoisotopic (exact) mass is 396 g/mol. The zero-order valence-electron chi connectivity index (χ0n) is 16.2. The Labute approximate surface area is 173 Å². The van der Waals surface area contributed by atoms with E-state index in [1.807, 2.05) is 60.7 Å². The third kappa shape index (κ3) is 4.03. The van der Waals surface area contributed by atoms with E-state index in [0.29, 0.717) is 35.2 Å². The molecule has 0 atom stereocenters. The largest absolute Gasteiger partial charge is 0.379 e. The second kappa shape index (κ2) is 8.96. The van der Waals surface area contributed by atoms with E-state index in [-0.39, 0.29) is 11.4 Å². The fourth-order valence-electron chi connectivity index (χ4n) is 3.44. The topological polar surface area (TPSA) is 82.9 Å². The van der Waals surface area contributed by atoms with Gasteiger partial charge in [0.25, 0.3) is 0 Å².